The lowest BCUT2D eigenvalue weighted by molar-refractivity contribution is -0.137. The highest BCUT2D eigenvalue weighted by Gasteiger charge is 2.33. The van der Waals surface area contributed by atoms with Crippen molar-refractivity contribution in [2.75, 3.05) is 31.0 Å². The molecule has 198 valence electrons. The lowest BCUT2D eigenvalue weighted by Crippen LogP contribution is -2.20. The second-order valence-corrected chi connectivity index (χ2v) is 8.13. The van der Waals surface area contributed by atoms with Crippen LogP contribution in [0.15, 0.2) is 60.8 Å². The first-order valence-corrected chi connectivity index (χ1v) is 11.3. The molecule has 1 aromatic heterocycles. The van der Waals surface area contributed by atoms with Gasteiger partial charge < -0.3 is 24.8 Å². The molecule has 3 aromatic carbocycles. The summed E-state index contributed by atoms with van der Waals surface area (Å²) < 4.78 is 69.7. The third kappa shape index (κ3) is 6.78. The van der Waals surface area contributed by atoms with E-state index in [1.165, 1.54) is 24.4 Å². The average Bonchev–Trinajstić information content (AvgIpc) is 2.86. The number of hydrogen-bond donors (Lipinski definition) is 2. The number of anilines is 2. The molecule has 38 heavy (non-hydrogen) atoms. The molecule has 0 saturated carbocycles. The predicted molar refractivity (Wildman–Crippen MR) is 132 cm³/mol. The smallest absolute Gasteiger partial charge is 0.417 e. The second kappa shape index (κ2) is 11.5. The number of carbonyl (C=O) groups is 1. The summed E-state index contributed by atoms with van der Waals surface area (Å²) in [6, 6.07) is 10.5. The van der Waals surface area contributed by atoms with Crippen molar-refractivity contribution >= 4 is 40.0 Å². The Morgan fingerprint density at radius 3 is 2.42 bits per heavy atom. The highest BCUT2D eigenvalue weighted by molar-refractivity contribution is 6.31. The molecule has 4 aromatic rings. The molecule has 8 nitrogen and oxygen atoms in total. The van der Waals surface area contributed by atoms with E-state index in [1.54, 1.807) is 25.3 Å². The Hall–Kier alpha value is -4.16. The van der Waals surface area contributed by atoms with Crippen molar-refractivity contribution in [3.05, 3.63) is 77.2 Å². The van der Waals surface area contributed by atoms with Gasteiger partial charge in [0.15, 0.2) is 11.6 Å². The maximum absolute atomic E-state index is 14.7. The van der Waals surface area contributed by atoms with Gasteiger partial charge in [0.1, 0.15) is 12.4 Å². The van der Waals surface area contributed by atoms with Gasteiger partial charge in [-0.3, -0.25) is 0 Å². The van der Waals surface area contributed by atoms with Gasteiger partial charge in [0.05, 0.1) is 34.4 Å². The number of rotatable bonds is 8. The number of alkyl halides is 3. The molecule has 0 fully saturated rings. The Labute approximate surface area is 218 Å². The third-order valence-corrected chi connectivity index (χ3v) is 5.31. The van der Waals surface area contributed by atoms with Gasteiger partial charge in [-0.25, -0.2) is 19.2 Å². The zero-order valence-corrected chi connectivity index (χ0v) is 20.4. The van der Waals surface area contributed by atoms with Crippen LogP contribution >= 0.6 is 11.6 Å². The summed E-state index contributed by atoms with van der Waals surface area (Å²) in [6.45, 7) is 0.680. The summed E-state index contributed by atoms with van der Waals surface area (Å²) in [6.07, 6.45) is -3.22. The molecule has 0 bridgehead atoms. The van der Waals surface area contributed by atoms with Crippen LogP contribution in [-0.4, -0.2) is 36.3 Å². The van der Waals surface area contributed by atoms with E-state index < -0.39 is 28.6 Å². The quantitative estimate of drug-likeness (QED) is 0.183. The summed E-state index contributed by atoms with van der Waals surface area (Å²) in [5.41, 5.74) is -0.168. The van der Waals surface area contributed by atoms with Crippen molar-refractivity contribution in [2.45, 2.75) is 6.18 Å². The highest BCUT2D eigenvalue weighted by atomic mass is 35.5. The molecule has 0 atom stereocenters. The number of halogens is 5. The summed E-state index contributed by atoms with van der Waals surface area (Å²) >= 11 is 5.58. The van der Waals surface area contributed by atoms with Crippen molar-refractivity contribution in [2.24, 2.45) is 0 Å². The van der Waals surface area contributed by atoms with Gasteiger partial charge in [-0.15, -0.1) is 0 Å². The summed E-state index contributed by atoms with van der Waals surface area (Å²) in [7, 11) is 1.55. The lowest BCUT2D eigenvalue weighted by Gasteiger charge is -2.13. The van der Waals surface area contributed by atoms with E-state index in [-0.39, 0.29) is 22.9 Å². The molecule has 0 spiro atoms. The van der Waals surface area contributed by atoms with Crippen LogP contribution in [0.4, 0.5) is 33.7 Å². The lowest BCUT2D eigenvalue weighted by atomic mass is 10.2. The molecule has 4 rings (SSSR count). The van der Waals surface area contributed by atoms with Gasteiger partial charge in [-0.05, 0) is 42.5 Å². The zero-order valence-electron chi connectivity index (χ0n) is 19.6. The van der Waals surface area contributed by atoms with Crippen LogP contribution < -0.4 is 20.1 Å². The molecular formula is C25H19ClF4N4O4. The monoisotopic (exact) mass is 550 g/mol. The molecule has 0 aliphatic heterocycles. The number of benzene rings is 3. The summed E-state index contributed by atoms with van der Waals surface area (Å²) in [5.74, 6) is -0.360. The van der Waals surface area contributed by atoms with Crippen LogP contribution in [0, 0.1) is 5.82 Å². The van der Waals surface area contributed by atoms with E-state index in [0.29, 0.717) is 36.2 Å². The number of aromatic nitrogens is 2. The largest absolute Gasteiger partial charge is 0.474 e. The average molecular weight is 551 g/mol. The van der Waals surface area contributed by atoms with Crippen molar-refractivity contribution in [1.82, 2.24) is 9.97 Å². The van der Waals surface area contributed by atoms with Crippen LogP contribution in [0.3, 0.4) is 0 Å². The van der Waals surface area contributed by atoms with Crippen LogP contribution in [-0.2, 0) is 10.9 Å². The number of hydrogen-bond acceptors (Lipinski definition) is 6. The Morgan fingerprint density at radius 1 is 0.974 bits per heavy atom. The molecule has 2 amide bonds. The van der Waals surface area contributed by atoms with E-state index in [9.17, 15) is 22.4 Å². The Balaban J connectivity index is 1.42. The number of amides is 2. The van der Waals surface area contributed by atoms with E-state index in [4.69, 9.17) is 25.8 Å². The fourth-order valence-corrected chi connectivity index (χ4v) is 3.46. The van der Waals surface area contributed by atoms with Gasteiger partial charge in [-0.1, -0.05) is 11.6 Å². The van der Waals surface area contributed by atoms with E-state index in [0.717, 1.165) is 12.1 Å². The first kappa shape index (κ1) is 26.9. The number of ether oxygens (including phenoxy) is 3. The van der Waals surface area contributed by atoms with E-state index in [1.807, 2.05) is 0 Å². The minimum Gasteiger partial charge on any atom is -0.474 e. The van der Waals surface area contributed by atoms with Crippen LogP contribution in [0.5, 0.6) is 17.4 Å². The minimum atomic E-state index is -4.69. The van der Waals surface area contributed by atoms with Crippen LogP contribution in [0.1, 0.15) is 5.56 Å². The number of nitrogens with one attached hydrogen (secondary N) is 2. The normalized spacial score (nSPS) is 11.3. The number of nitrogens with zero attached hydrogens (tertiary/aromatic N) is 2. The fourth-order valence-electron chi connectivity index (χ4n) is 3.24. The van der Waals surface area contributed by atoms with Crippen LogP contribution in [0.25, 0.3) is 11.0 Å². The Kier molecular flexibility index (Phi) is 8.13. The number of methoxy groups -OCH3 is 1. The molecule has 1 heterocycles. The maximum atomic E-state index is 14.7. The van der Waals surface area contributed by atoms with Gasteiger partial charge in [0.2, 0.25) is 5.88 Å². The SMILES string of the molecule is COCCOc1cnc2ccc(Oc3ccc(NC(=O)Nc4ccc(Cl)c(C(F)(F)F)c4)cc3F)cc2n1. The molecule has 0 aliphatic carbocycles. The summed E-state index contributed by atoms with van der Waals surface area (Å²) in [5, 5.41) is 4.09. The Morgan fingerprint density at radius 2 is 1.71 bits per heavy atom. The summed E-state index contributed by atoms with van der Waals surface area (Å²) in [4.78, 5) is 20.8. The number of urea groups is 1. The van der Waals surface area contributed by atoms with Gasteiger partial charge in [0, 0.05) is 30.6 Å². The standard InChI is InChI=1S/C25H19ClF4N4O4/c1-36-8-9-37-23-13-31-20-6-4-16(12-21(20)34-23)38-22-7-3-15(11-19(22)27)33-24(35)32-14-2-5-18(26)17(10-14)25(28,29)30/h2-7,10-13H,8-9H2,1H3,(H2,32,33,35). The fraction of sp³-hybridized carbons (Fsp3) is 0.160. The number of fused-ring (bicyclic) bond motifs is 1. The number of carbonyl (C=O) groups excluding carboxylic acids is 1. The van der Waals surface area contributed by atoms with Crippen molar-refractivity contribution in [1.29, 1.82) is 0 Å². The maximum Gasteiger partial charge on any atom is 0.417 e. The Bertz CT molecular complexity index is 1470. The highest BCUT2D eigenvalue weighted by Crippen LogP contribution is 2.36. The van der Waals surface area contributed by atoms with Gasteiger partial charge >= 0.3 is 12.2 Å². The third-order valence-electron chi connectivity index (χ3n) is 4.98. The molecule has 0 saturated heterocycles. The van der Waals surface area contributed by atoms with Gasteiger partial charge in [-0.2, -0.15) is 13.2 Å². The first-order valence-electron chi connectivity index (χ1n) is 10.9. The topological polar surface area (TPSA) is 94.6 Å². The molecule has 0 aliphatic rings. The molecular weight excluding hydrogens is 532 g/mol. The molecule has 0 unspecified atom stereocenters. The minimum absolute atomic E-state index is 0.0413. The molecule has 2 N–H and O–H groups in total. The predicted octanol–water partition coefficient (Wildman–Crippen LogP) is 6.90. The van der Waals surface area contributed by atoms with Gasteiger partial charge in [0.25, 0.3) is 0 Å². The van der Waals surface area contributed by atoms with E-state index in [2.05, 4.69) is 20.6 Å². The molecule has 13 heteroatoms. The van der Waals surface area contributed by atoms with E-state index >= 15 is 0 Å². The first-order chi connectivity index (χ1) is 18.1. The second-order valence-electron chi connectivity index (χ2n) is 7.72. The molecule has 0 radical (unpaired) electrons. The van der Waals surface area contributed by atoms with Crippen molar-refractivity contribution < 1.29 is 36.6 Å². The van der Waals surface area contributed by atoms with Crippen molar-refractivity contribution in [3.63, 3.8) is 0 Å². The van der Waals surface area contributed by atoms with Crippen LogP contribution in [0.2, 0.25) is 5.02 Å². The van der Waals surface area contributed by atoms with Crippen molar-refractivity contribution in [3.8, 4) is 17.4 Å². The zero-order chi connectivity index (χ0) is 27.3.